The van der Waals surface area contributed by atoms with E-state index in [1.807, 2.05) is 5.38 Å². The highest BCUT2D eigenvalue weighted by molar-refractivity contribution is 7.14. The van der Waals surface area contributed by atoms with Crippen LogP contribution in [0.1, 0.15) is 19.3 Å². The number of nitrogens with zero attached hydrogens (tertiary/aromatic N) is 2. The molecule has 150 valence electrons. The summed E-state index contributed by atoms with van der Waals surface area (Å²) in [6, 6.07) is 6.16. The van der Waals surface area contributed by atoms with Crippen LogP contribution in [0.5, 0.6) is 0 Å². The number of anilines is 1. The quantitative estimate of drug-likeness (QED) is 0.828. The topological polar surface area (TPSA) is 63.7 Å². The zero-order valence-corrected chi connectivity index (χ0v) is 16.6. The highest BCUT2D eigenvalue weighted by atomic mass is 32.1. The van der Waals surface area contributed by atoms with Crippen molar-refractivity contribution in [2.45, 2.75) is 31.0 Å². The number of amides is 1. The van der Waals surface area contributed by atoms with E-state index in [2.05, 4.69) is 15.2 Å². The van der Waals surface area contributed by atoms with Crippen LogP contribution in [-0.2, 0) is 14.3 Å². The predicted molar refractivity (Wildman–Crippen MR) is 106 cm³/mol. The van der Waals surface area contributed by atoms with Gasteiger partial charge in [0.25, 0.3) is 0 Å². The van der Waals surface area contributed by atoms with Gasteiger partial charge in [0.15, 0.2) is 5.13 Å². The summed E-state index contributed by atoms with van der Waals surface area (Å²) in [7, 11) is 1.73. The van der Waals surface area contributed by atoms with Crippen LogP contribution in [0.3, 0.4) is 0 Å². The molecule has 2 aromatic rings. The van der Waals surface area contributed by atoms with Crippen molar-refractivity contribution >= 4 is 22.4 Å². The molecule has 2 aliphatic rings. The molecule has 2 saturated heterocycles. The number of thiazole rings is 1. The van der Waals surface area contributed by atoms with Crippen molar-refractivity contribution in [3.8, 4) is 11.3 Å². The van der Waals surface area contributed by atoms with Crippen molar-refractivity contribution in [1.82, 2.24) is 9.88 Å². The van der Waals surface area contributed by atoms with Crippen LogP contribution in [0.25, 0.3) is 11.3 Å². The van der Waals surface area contributed by atoms with Gasteiger partial charge < -0.3 is 14.8 Å². The molecule has 2 aliphatic heterocycles. The molecule has 28 heavy (non-hydrogen) atoms. The Morgan fingerprint density at radius 1 is 1.46 bits per heavy atom. The van der Waals surface area contributed by atoms with Crippen molar-refractivity contribution in [2.75, 3.05) is 38.7 Å². The van der Waals surface area contributed by atoms with E-state index in [4.69, 9.17) is 9.47 Å². The number of ether oxygens (including phenoxy) is 2. The number of halogens is 1. The van der Waals surface area contributed by atoms with Crippen LogP contribution in [0, 0.1) is 5.82 Å². The highest BCUT2D eigenvalue weighted by Gasteiger charge is 2.47. The Labute approximate surface area is 167 Å². The van der Waals surface area contributed by atoms with Gasteiger partial charge in [-0.2, -0.15) is 0 Å². The van der Waals surface area contributed by atoms with Crippen LogP contribution in [-0.4, -0.2) is 60.8 Å². The van der Waals surface area contributed by atoms with Crippen molar-refractivity contribution in [3.63, 3.8) is 0 Å². The SMILES string of the molecule is CO[C@H]1CCN(CC(=O)Nc2nc(-c3ccc(F)cc3)cs2)C[C@]12CCCO2. The second-order valence-electron chi connectivity index (χ2n) is 7.33. The van der Waals surface area contributed by atoms with Crippen LogP contribution in [0.15, 0.2) is 29.6 Å². The van der Waals surface area contributed by atoms with E-state index in [0.717, 1.165) is 43.7 Å². The maximum absolute atomic E-state index is 13.1. The van der Waals surface area contributed by atoms with Crippen molar-refractivity contribution in [1.29, 1.82) is 0 Å². The third kappa shape index (κ3) is 4.10. The second kappa shape index (κ2) is 8.24. The highest BCUT2D eigenvalue weighted by Crippen LogP contribution is 2.36. The number of benzene rings is 1. The number of likely N-dealkylation sites (tertiary alicyclic amines) is 1. The lowest BCUT2D eigenvalue weighted by Gasteiger charge is -2.44. The molecule has 6 nitrogen and oxygen atoms in total. The number of aromatic nitrogens is 1. The molecule has 1 amide bonds. The maximum Gasteiger partial charge on any atom is 0.240 e. The lowest BCUT2D eigenvalue weighted by molar-refractivity contribution is -0.146. The minimum absolute atomic E-state index is 0.0894. The molecule has 0 saturated carbocycles. The third-order valence-corrected chi connectivity index (χ3v) is 6.22. The molecule has 2 atom stereocenters. The Balaban J connectivity index is 1.35. The fourth-order valence-corrected chi connectivity index (χ4v) is 4.87. The van der Waals surface area contributed by atoms with Crippen molar-refractivity contribution < 1.29 is 18.7 Å². The van der Waals surface area contributed by atoms with Gasteiger partial charge in [0.1, 0.15) is 11.4 Å². The van der Waals surface area contributed by atoms with Crippen LogP contribution in [0.4, 0.5) is 9.52 Å². The van der Waals surface area contributed by atoms with Crippen LogP contribution >= 0.6 is 11.3 Å². The molecule has 0 aliphatic carbocycles. The van der Waals surface area contributed by atoms with E-state index < -0.39 is 0 Å². The second-order valence-corrected chi connectivity index (χ2v) is 8.19. The molecule has 2 fully saturated rings. The Morgan fingerprint density at radius 2 is 2.29 bits per heavy atom. The number of piperidine rings is 1. The Morgan fingerprint density at radius 3 is 3.00 bits per heavy atom. The Bertz CT molecular complexity index is 820. The maximum atomic E-state index is 13.1. The molecule has 1 N–H and O–H groups in total. The summed E-state index contributed by atoms with van der Waals surface area (Å²) in [6.07, 6.45) is 2.95. The van der Waals surface area contributed by atoms with Gasteiger partial charge in [-0.15, -0.1) is 11.3 Å². The predicted octanol–water partition coefficient (Wildman–Crippen LogP) is 3.16. The lowest BCUT2D eigenvalue weighted by atomic mass is 9.87. The first-order valence-corrected chi connectivity index (χ1v) is 10.4. The van der Waals surface area contributed by atoms with Gasteiger partial charge in [0, 0.05) is 37.7 Å². The fourth-order valence-electron chi connectivity index (χ4n) is 4.13. The smallest absolute Gasteiger partial charge is 0.240 e. The van der Waals surface area contributed by atoms with E-state index >= 15 is 0 Å². The first kappa shape index (κ1) is 19.4. The number of hydrogen-bond acceptors (Lipinski definition) is 6. The van der Waals surface area contributed by atoms with Crippen molar-refractivity contribution in [3.05, 3.63) is 35.5 Å². The van der Waals surface area contributed by atoms with Gasteiger partial charge in [0.2, 0.25) is 5.91 Å². The third-order valence-electron chi connectivity index (χ3n) is 5.46. The molecule has 0 bridgehead atoms. The molecule has 3 heterocycles. The monoisotopic (exact) mass is 405 g/mol. The summed E-state index contributed by atoms with van der Waals surface area (Å²) in [5.41, 5.74) is 1.25. The average Bonchev–Trinajstić information content (AvgIpc) is 3.33. The first-order valence-electron chi connectivity index (χ1n) is 9.48. The summed E-state index contributed by atoms with van der Waals surface area (Å²) in [4.78, 5) is 19.1. The van der Waals surface area contributed by atoms with E-state index in [9.17, 15) is 9.18 Å². The van der Waals surface area contributed by atoms with Crippen LogP contribution < -0.4 is 5.32 Å². The number of carbonyl (C=O) groups excluding carboxylic acids is 1. The van der Waals surface area contributed by atoms with Gasteiger partial charge in [0.05, 0.1) is 18.3 Å². The minimum atomic E-state index is -0.287. The summed E-state index contributed by atoms with van der Waals surface area (Å²) in [5.74, 6) is -0.377. The molecule has 0 unspecified atom stereocenters. The van der Waals surface area contributed by atoms with Crippen LogP contribution in [0.2, 0.25) is 0 Å². The number of rotatable bonds is 5. The molecular formula is C20H24FN3O3S. The summed E-state index contributed by atoms with van der Waals surface area (Å²) < 4.78 is 24.7. The summed E-state index contributed by atoms with van der Waals surface area (Å²) in [6.45, 7) is 2.56. The molecule has 8 heteroatoms. The standard InChI is InChI=1S/C20H24FN3O3S/c1-26-17-7-9-24(13-20(17)8-2-10-27-20)11-18(25)23-19-22-16(12-28-19)14-3-5-15(21)6-4-14/h3-6,12,17H,2,7-11,13H2,1H3,(H,22,23,25)/t17-,20+/m0/s1. The van der Waals surface area contributed by atoms with E-state index in [1.165, 1.54) is 23.5 Å². The minimum Gasteiger partial charge on any atom is -0.378 e. The largest absolute Gasteiger partial charge is 0.378 e. The lowest BCUT2D eigenvalue weighted by Crippen LogP contribution is -2.58. The fraction of sp³-hybridized carbons (Fsp3) is 0.500. The van der Waals surface area contributed by atoms with Gasteiger partial charge >= 0.3 is 0 Å². The number of methoxy groups -OCH3 is 1. The van der Waals surface area contributed by atoms with Crippen molar-refractivity contribution in [2.24, 2.45) is 0 Å². The summed E-state index contributed by atoms with van der Waals surface area (Å²) in [5, 5.41) is 5.28. The molecule has 4 rings (SSSR count). The van der Waals surface area contributed by atoms with Gasteiger partial charge in [-0.1, -0.05) is 0 Å². The normalized spacial score (nSPS) is 25.3. The van der Waals surface area contributed by atoms with Gasteiger partial charge in [-0.3, -0.25) is 9.69 Å². The zero-order valence-electron chi connectivity index (χ0n) is 15.8. The number of hydrogen-bond donors (Lipinski definition) is 1. The Hall–Kier alpha value is -1.87. The molecular weight excluding hydrogens is 381 g/mol. The molecule has 0 radical (unpaired) electrons. The zero-order chi connectivity index (χ0) is 19.6. The first-order chi connectivity index (χ1) is 13.6. The van der Waals surface area contributed by atoms with E-state index in [1.54, 1.807) is 19.2 Å². The summed E-state index contributed by atoms with van der Waals surface area (Å²) >= 11 is 1.36. The number of nitrogens with one attached hydrogen (secondary N) is 1. The van der Waals surface area contributed by atoms with Gasteiger partial charge in [-0.05, 0) is 43.5 Å². The average molecular weight is 405 g/mol. The Kier molecular flexibility index (Phi) is 5.73. The molecule has 1 aromatic heterocycles. The number of carbonyl (C=O) groups is 1. The van der Waals surface area contributed by atoms with E-state index in [0.29, 0.717) is 18.2 Å². The molecule has 1 aromatic carbocycles. The van der Waals surface area contributed by atoms with E-state index in [-0.39, 0.29) is 23.4 Å². The van der Waals surface area contributed by atoms with Gasteiger partial charge in [-0.25, -0.2) is 9.37 Å². The molecule has 1 spiro atoms.